The van der Waals surface area contributed by atoms with Gasteiger partial charge in [-0.05, 0) is 36.8 Å². The fourth-order valence-corrected chi connectivity index (χ4v) is 3.21. The monoisotopic (exact) mass is 404 g/mol. The highest BCUT2D eigenvalue weighted by molar-refractivity contribution is 5.85. The summed E-state index contributed by atoms with van der Waals surface area (Å²) < 4.78 is 6.58. The Bertz CT molecular complexity index is 1300. The van der Waals surface area contributed by atoms with Crippen molar-refractivity contribution in [3.8, 4) is 5.88 Å². The number of hydrogen-bond donors (Lipinski definition) is 2. The van der Waals surface area contributed by atoms with Crippen LogP contribution in [-0.2, 0) is 6.54 Å². The van der Waals surface area contributed by atoms with E-state index in [0.29, 0.717) is 28.3 Å². The lowest BCUT2D eigenvalue weighted by Gasteiger charge is -2.15. The first-order valence-electron chi connectivity index (χ1n) is 9.35. The minimum absolute atomic E-state index is 0.0300. The average Bonchev–Trinajstić information content (AvgIpc) is 2.76. The molecule has 0 radical (unpaired) electrons. The number of nitrogens with one attached hydrogen (secondary N) is 2. The molecule has 1 unspecified atom stereocenters. The molecular weight excluding hydrogens is 384 g/mol. The Hall–Kier alpha value is -4.01. The molecule has 0 saturated heterocycles. The van der Waals surface area contributed by atoms with Crippen molar-refractivity contribution in [2.75, 3.05) is 12.4 Å². The first-order valence-corrected chi connectivity index (χ1v) is 9.35. The highest BCUT2D eigenvalue weighted by Crippen LogP contribution is 2.20. The molecule has 152 valence electrons. The van der Waals surface area contributed by atoms with E-state index in [9.17, 15) is 9.59 Å². The van der Waals surface area contributed by atoms with Gasteiger partial charge in [-0.3, -0.25) is 19.6 Å². The molecule has 1 aromatic carbocycles. The summed E-state index contributed by atoms with van der Waals surface area (Å²) >= 11 is 0. The lowest BCUT2D eigenvalue weighted by atomic mass is 10.1. The second-order valence-electron chi connectivity index (χ2n) is 6.75. The molecule has 0 fully saturated rings. The van der Waals surface area contributed by atoms with Crippen molar-refractivity contribution < 1.29 is 4.74 Å². The fourth-order valence-electron chi connectivity index (χ4n) is 3.21. The molecule has 2 N–H and O–H groups in total. The Morgan fingerprint density at radius 2 is 1.87 bits per heavy atom. The van der Waals surface area contributed by atoms with Crippen LogP contribution in [0.2, 0.25) is 0 Å². The van der Waals surface area contributed by atoms with Gasteiger partial charge < -0.3 is 10.1 Å². The molecule has 0 bridgehead atoms. The normalized spacial score (nSPS) is 11.9. The molecule has 3 aromatic heterocycles. The number of pyridine rings is 1. The summed E-state index contributed by atoms with van der Waals surface area (Å²) in [6, 6.07) is 12.1. The van der Waals surface area contributed by atoms with E-state index in [2.05, 4.69) is 25.4 Å². The van der Waals surface area contributed by atoms with E-state index in [1.54, 1.807) is 30.6 Å². The molecule has 30 heavy (non-hydrogen) atoms. The van der Waals surface area contributed by atoms with Crippen LogP contribution in [0.25, 0.3) is 10.8 Å². The summed E-state index contributed by atoms with van der Waals surface area (Å²) in [6.45, 7) is 1.98. The smallest absolute Gasteiger partial charge is 0.275 e. The molecule has 4 rings (SSSR count). The van der Waals surface area contributed by atoms with Crippen LogP contribution in [0, 0.1) is 0 Å². The number of H-pyrrole nitrogens is 1. The Morgan fingerprint density at radius 3 is 2.60 bits per heavy atom. The van der Waals surface area contributed by atoms with Crippen molar-refractivity contribution >= 4 is 16.7 Å². The molecule has 0 aliphatic rings. The number of rotatable bonds is 6. The number of fused-ring (bicyclic) bond motifs is 1. The quantitative estimate of drug-likeness (QED) is 0.506. The van der Waals surface area contributed by atoms with Gasteiger partial charge in [-0.15, -0.1) is 5.10 Å². The Balaban J connectivity index is 1.67. The van der Waals surface area contributed by atoms with Crippen LogP contribution < -0.4 is 21.2 Å². The molecule has 0 amide bonds. The van der Waals surface area contributed by atoms with Crippen molar-refractivity contribution in [3.05, 3.63) is 86.8 Å². The minimum atomic E-state index is -0.328. The Morgan fingerprint density at radius 1 is 1.13 bits per heavy atom. The Kier molecular flexibility index (Phi) is 5.25. The van der Waals surface area contributed by atoms with Crippen LogP contribution in [0.1, 0.15) is 24.2 Å². The molecule has 4 aromatic rings. The van der Waals surface area contributed by atoms with Crippen molar-refractivity contribution in [3.63, 3.8) is 0 Å². The Labute approximate surface area is 171 Å². The van der Waals surface area contributed by atoms with Gasteiger partial charge in [-0.1, -0.05) is 12.1 Å². The number of hydrogen-bond acceptors (Lipinski definition) is 7. The van der Waals surface area contributed by atoms with Gasteiger partial charge in [-0.2, -0.15) is 0 Å². The lowest BCUT2D eigenvalue weighted by molar-refractivity contribution is 0.385. The number of aromatic amines is 1. The zero-order valence-corrected chi connectivity index (χ0v) is 16.5. The largest absolute Gasteiger partial charge is 0.480 e. The molecule has 0 saturated carbocycles. The maximum Gasteiger partial charge on any atom is 0.275 e. The van der Waals surface area contributed by atoms with Gasteiger partial charge in [-0.25, -0.2) is 9.67 Å². The number of ether oxygens (including phenoxy) is 1. The van der Waals surface area contributed by atoms with E-state index in [1.807, 2.05) is 25.1 Å². The van der Waals surface area contributed by atoms with E-state index < -0.39 is 0 Å². The highest BCUT2D eigenvalue weighted by atomic mass is 16.5. The molecule has 0 aliphatic carbocycles. The summed E-state index contributed by atoms with van der Waals surface area (Å²) in [5, 5.41) is 8.57. The molecule has 9 heteroatoms. The highest BCUT2D eigenvalue weighted by Gasteiger charge is 2.13. The zero-order chi connectivity index (χ0) is 21.1. The standard InChI is InChI=1S/C21H20N6O3/c1-13(14-7-9-22-10-8-14)23-21-24-15(11-18(28)25-21)12-27-20(29)17-6-4-3-5-16(17)19(26-27)30-2/h3-11,13H,12H2,1-2H3,(H2,23,24,25,28). The predicted octanol–water partition coefficient (Wildman–Crippen LogP) is 2.10. The molecule has 3 heterocycles. The van der Waals surface area contributed by atoms with E-state index >= 15 is 0 Å². The number of aromatic nitrogens is 5. The van der Waals surface area contributed by atoms with Crippen LogP contribution in [-0.4, -0.2) is 31.8 Å². The number of methoxy groups -OCH3 is 1. The molecule has 9 nitrogen and oxygen atoms in total. The summed E-state index contributed by atoms with van der Waals surface area (Å²) in [5.41, 5.74) is 0.781. The topological polar surface area (TPSA) is 115 Å². The summed E-state index contributed by atoms with van der Waals surface area (Å²) in [4.78, 5) is 36.1. The molecule has 0 aliphatic heterocycles. The number of anilines is 1. The van der Waals surface area contributed by atoms with Crippen molar-refractivity contribution in [1.29, 1.82) is 0 Å². The first kappa shape index (κ1) is 19.3. The van der Waals surface area contributed by atoms with Crippen LogP contribution in [0.3, 0.4) is 0 Å². The maximum absolute atomic E-state index is 12.8. The van der Waals surface area contributed by atoms with E-state index in [0.717, 1.165) is 5.56 Å². The van der Waals surface area contributed by atoms with Gasteiger partial charge in [0.25, 0.3) is 11.1 Å². The lowest BCUT2D eigenvalue weighted by Crippen LogP contribution is -2.26. The molecule has 1 atom stereocenters. The van der Waals surface area contributed by atoms with Crippen LogP contribution in [0.15, 0.2) is 64.4 Å². The second kappa shape index (κ2) is 8.16. The minimum Gasteiger partial charge on any atom is -0.480 e. The van der Waals surface area contributed by atoms with Crippen LogP contribution >= 0.6 is 0 Å². The van der Waals surface area contributed by atoms with Gasteiger partial charge in [0.15, 0.2) is 0 Å². The summed E-state index contributed by atoms with van der Waals surface area (Å²) in [5.74, 6) is 0.641. The maximum atomic E-state index is 12.8. The summed E-state index contributed by atoms with van der Waals surface area (Å²) in [7, 11) is 1.50. The van der Waals surface area contributed by atoms with E-state index in [1.165, 1.54) is 17.9 Å². The number of benzene rings is 1. The third-order valence-electron chi connectivity index (χ3n) is 4.69. The van der Waals surface area contributed by atoms with Crippen molar-refractivity contribution in [1.82, 2.24) is 24.7 Å². The van der Waals surface area contributed by atoms with Gasteiger partial charge in [0.05, 0.1) is 36.2 Å². The van der Waals surface area contributed by atoms with Gasteiger partial charge in [0, 0.05) is 18.5 Å². The van der Waals surface area contributed by atoms with E-state index in [-0.39, 0.29) is 23.7 Å². The van der Waals surface area contributed by atoms with Gasteiger partial charge >= 0.3 is 0 Å². The predicted molar refractivity (Wildman–Crippen MR) is 113 cm³/mol. The first-order chi connectivity index (χ1) is 14.5. The number of nitrogens with zero attached hydrogens (tertiary/aromatic N) is 4. The average molecular weight is 404 g/mol. The van der Waals surface area contributed by atoms with Crippen molar-refractivity contribution in [2.24, 2.45) is 0 Å². The zero-order valence-electron chi connectivity index (χ0n) is 16.5. The van der Waals surface area contributed by atoms with Gasteiger partial charge in [0.2, 0.25) is 11.8 Å². The fraction of sp³-hybridized carbons (Fsp3) is 0.190. The third-order valence-corrected chi connectivity index (χ3v) is 4.69. The van der Waals surface area contributed by atoms with E-state index in [4.69, 9.17) is 4.74 Å². The SMILES string of the molecule is COc1nn(Cc2cc(=O)[nH]c(NC(C)c3ccncc3)n2)c(=O)c2ccccc12. The van der Waals surface area contributed by atoms with Gasteiger partial charge in [0.1, 0.15) is 0 Å². The second-order valence-corrected chi connectivity index (χ2v) is 6.75. The third kappa shape index (κ3) is 3.90. The van der Waals surface area contributed by atoms with Crippen molar-refractivity contribution in [2.45, 2.75) is 19.5 Å². The van der Waals surface area contributed by atoms with Crippen LogP contribution in [0.5, 0.6) is 5.88 Å². The van der Waals surface area contributed by atoms with Crippen LogP contribution in [0.4, 0.5) is 5.95 Å². The molecular formula is C21H20N6O3. The molecule has 0 spiro atoms. The summed E-state index contributed by atoms with van der Waals surface area (Å²) in [6.07, 6.45) is 3.40.